The minimum atomic E-state index is -0.470. The quantitative estimate of drug-likeness (QED) is 0.888. The molecule has 0 aliphatic heterocycles. The summed E-state index contributed by atoms with van der Waals surface area (Å²) in [5, 5.41) is 8.45. The van der Waals surface area contributed by atoms with E-state index in [9.17, 15) is 4.79 Å². The van der Waals surface area contributed by atoms with Crippen LogP contribution in [0.4, 0.5) is 0 Å². The summed E-state index contributed by atoms with van der Waals surface area (Å²) < 4.78 is 0. The van der Waals surface area contributed by atoms with Crippen LogP contribution in [0.15, 0.2) is 10.8 Å². The van der Waals surface area contributed by atoms with Crippen molar-refractivity contribution in [1.82, 2.24) is 15.3 Å². The zero-order valence-electron chi connectivity index (χ0n) is 11.8. The predicted molar refractivity (Wildman–Crippen MR) is 82.0 cm³/mol. The molecule has 0 saturated heterocycles. The summed E-state index contributed by atoms with van der Waals surface area (Å²) in [6.45, 7) is 6.32. The van der Waals surface area contributed by atoms with Crippen LogP contribution in [0.1, 0.15) is 46.5 Å². The molecule has 0 radical (unpaired) electrons. The number of aryl methyl sites for hydroxylation is 1. The minimum absolute atomic E-state index is 0.182. The number of carbonyl (C=O) groups excluding carboxylic acids is 1. The van der Waals surface area contributed by atoms with E-state index in [2.05, 4.69) is 15.3 Å². The number of thiazole rings is 2. The van der Waals surface area contributed by atoms with Crippen LogP contribution in [-0.2, 0) is 12.1 Å². The van der Waals surface area contributed by atoms with Crippen molar-refractivity contribution in [1.29, 1.82) is 0 Å². The standard InChI is InChI=1S/C13H18N4OS2/c1-4-13(3,12-15-8(2)6-20-12)17-11(18)9-7-19-10(5-14)16-9/h6-7H,4-5,14H2,1-3H3,(H,17,18). The summed E-state index contributed by atoms with van der Waals surface area (Å²) in [5.41, 5.74) is 6.44. The average molecular weight is 310 g/mol. The van der Waals surface area contributed by atoms with Crippen LogP contribution in [0.5, 0.6) is 0 Å². The lowest BCUT2D eigenvalue weighted by atomic mass is 9.99. The van der Waals surface area contributed by atoms with Gasteiger partial charge in [0.25, 0.3) is 5.91 Å². The lowest BCUT2D eigenvalue weighted by molar-refractivity contribution is 0.0897. The molecule has 0 aliphatic carbocycles. The molecule has 1 atom stereocenters. The fourth-order valence-electron chi connectivity index (χ4n) is 1.72. The van der Waals surface area contributed by atoms with E-state index in [-0.39, 0.29) is 5.91 Å². The first-order chi connectivity index (χ1) is 9.48. The van der Waals surface area contributed by atoms with Crippen molar-refractivity contribution in [2.75, 3.05) is 0 Å². The van der Waals surface area contributed by atoms with E-state index in [0.717, 1.165) is 22.1 Å². The molecule has 0 saturated carbocycles. The Morgan fingerprint density at radius 1 is 1.40 bits per heavy atom. The lowest BCUT2D eigenvalue weighted by Gasteiger charge is -2.27. The number of nitrogens with zero attached hydrogens (tertiary/aromatic N) is 2. The first-order valence-electron chi connectivity index (χ1n) is 6.38. The van der Waals surface area contributed by atoms with E-state index in [1.807, 2.05) is 26.2 Å². The maximum absolute atomic E-state index is 12.3. The summed E-state index contributed by atoms with van der Waals surface area (Å²) in [7, 11) is 0. The van der Waals surface area contributed by atoms with Gasteiger partial charge in [-0.15, -0.1) is 22.7 Å². The van der Waals surface area contributed by atoms with Crippen LogP contribution in [0.25, 0.3) is 0 Å². The second-order valence-electron chi connectivity index (χ2n) is 4.76. The molecule has 2 aromatic rings. The third kappa shape index (κ3) is 3.05. The average Bonchev–Trinajstić information content (AvgIpc) is 3.07. The highest BCUT2D eigenvalue weighted by atomic mass is 32.1. The molecule has 2 aromatic heterocycles. The number of amides is 1. The molecular formula is C13H18N4OS2. The molecule has 2 rings (SSSR count). The van der Waals surface area contributed by atoms with Crippen molar-refractivity contribution >= 4 is 28.6 Å². The number of rotatable bonds is 5. The molecule has 0 fully saturated rings. The van der Waals surface area contributed by atoms with Crippen LogP contribution < -0.4 is 11.1 Å². The SMILES string of the molecule is CCC(C)(NC(=O)c1csc(CN)n1)c1nc(C)cs1. The molecule has 1 unspecified atom stereocenters. The van der Waals surface area contributed by atoms with Gasteiger partial charge in [-0.2, -0.15) is 0 Å². The van der Waals surface area contributed by atoms with Gasteiger partial charge in [0.05, 0.1) is 5.54 Å². The van der Waals surface area contributed by atoms with Gasteiger partial charge < -0.3 is 11.1 Å². The van der Waals surface area contributed by atoms with Gasteiger partial charge in [0, 0.05) is 23.0 Å². The molecule has 3 N–H and O–H groups in total. The van der Waals surface area contributed by atoms with Gasteiger partial charge in [0.2, 0.25) is 0 Å². The van der Waals surface area contributed by atoms with E-state index >= 15 is 0 Å². The van der Waals surface area contributed by atoms with Gasteiger partial charge in [-0.25, -0.2) is 9.97 Å². The van der Waals surface area contributed by atoms with Gasteiger partial charge in [0.15, 0.2) is 0 Å². The molecule has 1 amide bonds. The van der Waals surface area contributed by atoms with E-state index in [0.29, 0.717) is 12.2 Å². The van der Waals surface area contributed by atoms with Crippen molar-refractivity contribution in [3.8, 4) is 0 Å². The Morgan fingerprint density at radius 2 is 2.15 bits per heavy atom. The van der Waals surface area contributed by atoms with Crippen molar-refractivity contribution in [2.24, 2.45) is 5.73 Å². The summed E-state index contributed by atoms with van der Waals surface area (Å²) in [6.07, 6.45) is 0.763. The molecule has 5 nitrogen and oxygen atoms in total. The molecule has 20 heavy (non-hydrogen) atoms. The van der Waals surface area contributed by atoms with Crippen molar-refractivity contribution in [3.05, 3.63) is 32.2 Å². The second kappa shape index (κ2) is 5.99. The zero-order chi connectivity index (χ0) is 14.8. The second-order valence-corrected chi connectivity index (χ2v) is 6.57. The Morgan fingerprint density at radius 3 is 2.65 bits per heavy atom. The third-order valence-electron chi connectivity index (χ3n) is 3.15. The lowest BCUT2D eigenvalue weighted by Crippen LogP contribution is -2.43. The minimum Gasteiger partial charge on any atom is -0.339 e. The Balaban J connectivity index is 2.19. The van der Waals surface area contributed by atoms with E-state index < -0.39 is 5.54 Å². The Labute approximate surface area is 126 Å². The van der Waals surface area contributed by atoms with Gasteiger partial charge in [-0.05, 0) is 20.3 Å². The van der Waals surface area contributed by atoms with Crippen LogP contribution in [0.3, 0.4) is 0 Å². The van der Waals surface area contributed by atoms with Crippen molar-refractivity contribution in [2.45, 2.75) is 39.3 Å². The highest BCUT2D eigenvalue weighted by Crippen LogP contribution is 2.28. The first-order valence-corrected chi connectivity index (χ1v) is 8.14. The summed E-state index contributed by atoms with van der Waals surface area (Å²) in [5.74, 6) is -0.182. The molecule has 0 aliphatic rings. The zero-order valence-corrected chi connectivity index (χ0v) is 13.4. The molecule has 2 heterocycles. The highest BCUT2D eigenvalue weighted by molar-refractivity contribution is 7.10. The van der Waals surface area contributed by atoms with Crippen molar-refractivity contribution < 1.29 is 4.79 Å². The Kier molecular flexibility index (Phi) is 4.52. The molecular weight excluding hydrogens is 292 g/mol. The van der Waals surface area contributed by atoms with Crippen molar-refractivity contribution in [3.63, 3.8) is 0 Å². The number of carbonyl (C=O) groups is 1. The number of hydrogen-bond donors (Lipinski definition) is 2. The van der Waals surface area contributed by atoms with E-state index in [1.54, 1.807) is 16.7 Å². The molecule has 7 heteroatoms. The molecule has 0 spiro atoms. The summed E-state index contributed by atoms with van der Waals surface area (Å²) >= 11 is 2.97. The third-order valence-corrected chi connectivity index (χ3v) is 5.24. The first kappa shape index (κ1) is 15.1. The van der Waals surface area contributed by atoms with Crippen LogP contribution in [0.2, 0.25) is 0 Å². The van der Waals surface area contributed by atoms with Gasteiger partial charge >= 0.3 is 0 Å². The molecule has 108 valence electrons. The largest absolute Gasteiger partial charge is 0.339 e. The Hall–Kier alpha value is -1.31. The normalized spacial score (nSPS) is 14.0. The maximum Gasteiger partial charge on any atom is 0.271 e. The van der Waals surface area contributed by atoms with Crippen LogP contribution in [-0.4, -0.2) is 15.9 Å². The fourth-order valence-corrected chi connectivity index (χ4v) is 3.37. The van der Waals surface area contributed by atoms with Gasteiger partial charge in [0.1, 0.15) is 15.7 Å². The van der Waals surface area contributed by atoms with E-state index in [1.165, 1.54) is 11.3 Å². The summed E-state index contributed by atoms with van der Waals surface area (Å²) in [4.78, 5) is 21.0. The van der Waals surface area contributed by atoms with Gasteiger partial charge in [-0.1, -0.05) is 6.92 Å². The molecule has 0 aromatic carbocycles. The number of aromatic nitrogens is 2. The number of hydrogen-bond acceptors (Lipinski definition) is 6. The van der Waals surface area contributed by atoms with Gasteiger partial charge in [-0.3, -0.25) is 4.79 Å². The predicted octanol–water partition coefficient (Wildman–Crippen LogP) is 2.42. The highest BCUT2D eigenvalue weighted by Gasteiger charge is 2.30. The van der Waals surface area contributed by atoms with Crippen LogP contribution in [0, 0.1) is 6.92 Å². The maximum atomic E-state index is 12.3. The van der Waals surface area contributed by atoms with Crippen LogP contribution >= 0.6 is 22.7 Å². The topological polar surface area (TPSA) is 80.9 Å². The number of nitrogens with one attached hydrogen (secondary N) is 1. The fraction of sp³-hybridized carbons (Fsp3) is 0.462. The smallest absolute Gasteiger partial charge is 0.271 e. The Bertz CT molecular complexity index is 607. The summed E-state index contributed by atoms with van der Waals surface area (Å²) in [6, 6.07) is 0. The number of nitrogens with two attached hydrogens (primary N) is 1. The monoisotopic (exact) mass is 310 g/mol. The van der Waals surface area contributed by atoms with E-state index in [4.69, 9.17) is 5.73 Å². The molecule has 0 bridgehead atoms.